The highest BCUT2D eigenvalue weighted by Gasteiger charge is 2.35. The van der Waals surface area contributed by atoms with Crippen molar-refractivity contribution in [3.05, 3.63) is 29.8 Å². The van der Waals surface area contributed by atoms with Crippen molar-refractivity contribution in [1.82, 2.24) is 15.2 Å². The van der Waals surface area contributed by atoms with Crippen LogP contribution < -0.4 is 5.32 Å². The zero-order valence-electron chi connectivity index (χ0n) is 10.2. The largest absolute Gasteiger partial charge is 0.317 e. The molecule has 0 spiro atoms. The van der Waals surface area contributed by atoms with Crippen LogP contribution >= 0.6 is 0 Å². The highest BCUT2D eigenvalue weighted by molar-refractivity contribution is 6.07. The Hall–Kier alpha value is -2.31. The van der Waals surface area contributed by atoms with E-state index < -0.39 is 29.6 Å². The van der Waals surface area contributed by atoms with Gasteiger partial charge in [0.05, 0.1) is 11.8 Å². The molecule has 0 aliphatic carbocycles. The Morgan fingerprint density at radius 3 is 2.89 bits per heavy atom. The lowest BCUT2D eigenvalue weighted by Crippen LogP contribution is -2.59. The van der Waals surface area contributed by atoms with E-state index in [1.807, 2.05) is 0 Å². The Kier molecular flexibility index (Phi) is 3.55. The third-order valence-electron chi connectivity index (χ3n) is 2.85. The van der Waals surface area contributed by atoms with E-state index in [0.29, 0.717) is 6.42 Å². The third-order valence-corrected chi connectivity index (χ3v) is 2.85. The Balaban J connectivity index is 2.30. The van der Waals surface area contributed by atoms with Gasteiger partial charge in [0.1, 0.15) is 18.4 Å². The fourth-order valence-electron chi connectivity index (χ4n) is 1.98. The number of rotatable bonds is 2. The van der Waals surface area contributed by atoms with Gasteiger partial charge in [-0.15, -0.1) is 0 Å². The summed E-state index contributed by atoms with van der Waals surface area (Å²) in [6.07, 6.45) is 2.55. The van der Waals surface area contributed by atoms with Crippen molar-refractivity contribution in [2.75, 3.05) is 6.54 Å². The van der Waals surface area contributed by atoms with Crippen LogP contribution in [0.3, 0.4) is 0 Å². The number of amides is 3. The second-order valence-electron chi connectivity index (χ2n) is 4.16. The molecule has 2 rings (SSSR count). The summed E-state index contributed by atoms with van der Waals surface area (Å²) in [4.78, 5) is 39.9. The smallest absolute Gasteiger partial charge is 0.256 e. The van der Waals surface area contributed by atoms with E-state index in [-0.39, 0.29) is 12.1 Å². The number of imide groups is 1. The van der Waals surface area contributed by atoms with Gasteiger partial charge in [-0.25, -0.2) is 4.39 Å². The van der Waals surface area contributed by atoms with Crippen LogP contribution in [0.25, 0.3) is 0 Å². The maximum Gasteiger partial charge on any atom is 0.256 e. The average Bonchev–Trinajstić information content (AvgIpc) is 2.37. The topological polar surface area (TPSA) is 79.4 Å². The monoisotopic (exact) mass is 265 g/mol. The van der Waals surface area contributed by atoms with Gasteiger partial charge in [-0.3, -0.25) is 24.7 Å². The minimum atomic E-state index is -0.728. The van der Waals surface area contributed by atoms with Crippen LogP contribution in [-0.2, 0) is 9.59 Å². The first-order valence-electron chi connectivity index (χ1n) is 5.78. The van der Waals surface area contributed by atoms with E-state index in [0.717, 1.165) is 17.2 Å². The van der Waals surface area contributed by atoms with Gasteiger partial charge in [-0.05, 0) is 12.5 Å². The molecule has 0 saturated carbocycles. The van der Waals surface area contributed by atoms with Crippen LogP contribution in [0, 0.1) is 5.82 Å². The van der Waals surface area contributed by atoms with E-state index in [1.54, 1.807) is 6.92 Å². The van der Waals surface area contributed by atoms with Gasteiger partial charge in [0.25, 0.3) is 5.91 Å². The molecule has 1 saturated heterocycles. The molecule has 1 aliphatic rings. The summed E-state index contributed by atoms with van der Waals surface area (Å²) in [6, 6.07) is 0.299. The number of hydrogen-bond acceptors (Lipinski definition) is 4. The highest BCUT2D eigenvalue weighted by atomic mass is 19.1. The summed E-state index contributed by atoms with van der Waals surface area (Å²) >= 11 is 0. The molecule has 2 heterocycles. The number of aromatic nitrogens is 1. The van der Waals surface area contributed by atoms with Crippen LogP contribution in [0.1, 0.15) is 23.7 Å². The van der Waals surface area contributed by atoms with Crippen LogP contribution in [0.4, 0.5) is 4.39 Å². The molecule has 1 atom stereocenters. The molecule has 1 aliphatic heterocycles. The second-order valence-corrected chi connectivity index (χ2v) is 4.16. The molecule has 3 amide bonds. The van der Waals surface area contributed by atoms with Gasteiger partial charge in [0, 0.05) is 6.20 Å². The van der Waals surface area contributed by atoms with Crippen molar-refractivity contribution in [2.24, 2.45) is 0 Å². The van der Waals surface area contributed by atoms with Crippen LogP contribution in [-0.4, -0.2) is 40.2 Å². The minimum absolute atomic E-state index is 0.0148. The molecule has 0 bridgehead atoms. The lowest BCUT2D eigenvalue weighted by Gasteiger charge is -2.33. The van der Waals surface area contributed by atoms with Crippen molar-refractivity contribution >= 4 is 17.7 Å². The molecule has 6 nitrogen and oxygen atoms in total. The predicted molar refractivity (Wildman–Crippen MR) is 62.5 cm³/mol. The molecule has 1 unspecified atom stereocenters. The van der Waals surface area contributed by atoms with E-state index in [9.17, 15) is 18.8 Å². The fourth-order valence-corrected chi connectivity index (χ4v) is 1.98. The number of halogens is 1. The maximum atomic E-state index is 13.0. The molecule has 0 radical (unpaired) electrons. The number of piperazine rings is 1. The molecule has 1 aromatic rings. The number of nitrogens with zero attached hydrogens (tertiary/aromatic N) is 2. The number of pyridine rings is 1. The Bertz CT molecular complexity index is 547. The summed E-state index contributed by atoms with van der Waals surface area (Å²) in [5, 5.41) is 2.17. The van der Waals surface area contributed by atoms with Crippen molar-refractivity contribution in [3.8, 4) is 0 Å². The van der Waals surface area contributed by atoms with Gasteiger partial charge in [-0.2, -0.15) is 0 Å². The molecule has 19 heavy (non-hydrogen) atoms. The van der Waals surface area contributed by atoms with Gasteiger partial charge in [-0.1, -0.05) is 6.92 Å². The fraction of sp³-hybridized carbons (Fsp3) is 0.333. The zero-order chi connectivity index (χ0) is 14.0. The SMILES string of the molecule is CCC1C(=O)NC(=O)CN1C(=O)c1cncc(F)c1. The van der Waals surface area contributed by atoms with Crippen LogP contribution in [0.5, 0.6) is 0 Å². The van der Waals surface area contributed by atoms with Crippen molar-refractivity contribution in [1.29, 1.82) is 0 Å². The van der Waals surface area contributed by atoms with Crippen molar-refractivity contribution in [2.45, 2.75) is 19.4 Å². The lowest BCUT2D eigenvalue weighted by atomic mass is 10.1. The van der Waals surface area contributed by atoms with E-state index >= 15 is 0 Å². The van der Waals surface area contributed by atoms with E-state index in [4.69, 9.17) is 0 Å². The lowest BCUT2D eigenvalue weighted by molar-refractivity contribution is -0.138. The number of nitrogens with one attached hydrogen (secondary N) is 1. The normalized spacial score (nSPS) is 19.3. The summed E-state index contributed by atoms with van der Waals surface area (Å²) < 4.78 is 13.0. The van der Waals surface area contributed by atoms with E-state index in [1.165, 1.54) is 6.20 Å². The molecule has 1 aromatic heterocycles. The molecule has 100 valence electrons. The highest BCUT2D eigenvalue weighted by Crippen LogP contribution is 2.14. The Morgan fingerprint density at radius 2 is 2.26 bits per heavy atom. The molecule has 7 heteroatoms. The summed E-state index contributed by atoms with van der Waals surface area (Å²) in [5.74, 6) is -2.29. The Morgan fingerprint density at radius 1 is 1.53 bits per heavy atom. The maximum absolute atomic E-state index is 13.0. The quantitative estimate of drug-likeness (QED) is 0.769. The zero-order valence-corrected chi connectivity index (χ0v) is 10.2. The standard InChI is InChI=1S/C12H12FN3O3/c1-2-9-11(18)15-10(17)6-16(9)12(19)7-3-8(13)5-14-4-7/h3-5,9H,2,6H2,1H3,(H,15,17,18). The minimum Gasteiger partial charge on any atom is -0.317 e. The summed E-state index contributed by atoms with van der Waals surface area (Å²) in [5.41, 5.74) is 0.0148. The summed E-state index contributed by atoms with van der Waals surface area (Å²) in [7, 11) is 0. The number of carbonyl (C=O) groups is 3. The Labute approximate surface area is 108 Å². The van der Waals surface area contributed by atoms with Crippen LogP contribution in [0.15, 0.2) is 18.5 Å². The second kappa shape index (κ2) is 5.13. The van der Waals surface area contributed by atoms with Gasteiger partial charge < -0.3 is 4.90 Å². The van der Waals surface area contributed by atoms with Crippen LogP contribution in [0.2, 0.25) is 0 Å². The molecular formula is C12H12FN3O3. The number of carbonyl (C=O) groups excluding carboxylic acids is 3. The predicted octanol–water partition coefficient (Wildman–Crippen LogP) is 0.0979. The van der Waals surface area contributed by atoms with Gasteiger partial charge in [0.15, 0.2) is 0 Å². The van der Waals surface area contributed by atoms with Crippen molar-refractivity contribution in [3.63, 3.8) is 0 Å². The molecule has 0 aromatic carbocycles. The first-order chi connectivity index (χ1) is 9.02. The average molecular weight is 265 g/mol. The first-order valence-corrected chi connectivity index (χ1v) is 5.78. The van der Waals surface area contributed by atoms with E-state index in [2.05, 4.69) is 10.3 Å². The van der Waals surface area contributed by atoms with Crippen molar-refractivity contribution < 1.29 is 18.8 Å². The first kappa shape index (κ1) is 13.1. The third kappa shape index (κ3) is 2.59. The van der Waals surface area contributed by atoms with Gasteiger partial charge in [0.2, 0.25) is 11.8 Å². The summed E-state index contributed by atoms with van der Waals surface area (Å²) in [6.45, 7) is 1.50. The van der Waals surface area contributed by atoms with Gasteiger partial charge >= 0.3 is 0 Å². The molecule has 1 fully saturated rings. The number of hydrogen-bond donors (Lipinski definition) is 1. The molecular weight excluding hydrogens is 253 g/mol. The molecule has 1 N–H and O–H groups in total.